The molecule has 0 atom stereocenters. The Morgan fingerprint density at radius 1 is 1.00 bits per heavy atom. The Labute approximate surface area is 204 Å². The van der Waals surface area contributed by atoms with Crippen molar-refractivity contribution in [2.75, 3.05) is 26.7 Å². The van der Waals surface area contributed by atoms with Gasteiger partial charge in [-0.25, -0.2) is 13.2 Å². The van der Waals surface area contributed by atoms with E-state index in [1.54, 1.807) is 4.90 Å². The number of sulfonamides is 1. The Hall–Kier alpha value is -3.24. The number of aryl methyl sites for hydroxylation is 1. The van der Waals surface area contributed by atoms with Gasteiger partial charge in [-0.15, -0.1) is 0 Å². The second-order valence-corrected chi connectivity index (χ2v) is 11.2. The molecule has 1 saturated heterocycles. The monoisotopic (exact) mass is 498 g/mol. The molecule has 2 aromatic carbocycles. The Bertz CT molecular complexity index is 1470. The van der Waals surface area contributed by atoms with Gasteiger partial charge in [-0.1, -0.05) is 30.3 Å². The average Bonchev–Trinajstić information content (AvgIpc) is 2.86. The van der Waals surface area contributed by atoms with E-state index in [9.17, 15) is 22.8 Å². The van der Waals surface area contributed by atoms with Crippen molar-refractivity contribution in [3.63, 3.8) is 0 Å². The third kappa shape index (κ3) is 4.94. The molecule has 1 aromatic heterocycles. The van der Waals surface area contributed by atoms with E-state index in [1.165, 1.54) is 49.5 Å². The van der Waals surface area contributed by atoms with E-state index in [1.807, 2.05) is 18.2 Å². The van der Waals surface area contributed by atoms with Crippen molar-refractivity contribution in [2.45, 2.75) is 24.2 Å². The molecule has 4 rings (SSSR count). The van der Waals surface area contributed by atoms with Gasteiger partial charge in [0.25, 0.3) is 5.56 Å². The Kier molecular flexibility index (Phi) is 6.95. The molecule has 3 aromatic rings. The van der Waals surface area contributed by atoms with Gasteiger partial charge in [-0.2, -0.15) is 4.31 Å². The number of benzene rings is 2. The highest BCUT2D eigenvalue weighted by Gasteiger charge is 2.28. The number of hydrogen-bond donors (Lipinski definition) is 0. The fourth-order valence-corrected chi connectivity index (χ4v) is 5.77. The van der Waals surface area contributed by atoms with Crippen molar-refractivity contribution in [3.05, 3.63) is 74.9 Å². The van der Waals surface area contributed by atoms with Gasteiger partial charge in [0.1, 0.15) is 0 Å². The van der Waals surface area contributed by atoms with E-state index in [4.69, 9.17) is 0 Å². The van der Waals surface area contributed by atoms with Gasteiger partial charge in [0.2, 0.25) is 15.9 Å². The lowest BCUT2D eigenvalue weighted by atomic mass is 9.90. The minimum atomic E-state index is -4.02. The second kappa shape index (κ2) is 9.79. The van der Waals surface area contributed by atoms with Crippen molar-refractivity contribution in [2.24, 2.45) is 20.0 Å². The largest absolute Gasteiger partial charge is 0.342 e. The maximum Gasteiger partial charge on any atom is 0.330 e. The lowest BCUT2D eigenvalue weighted by molar-refractivity contribution is -0.132. The maximum absolute atomic E-state index is 13.2. The molecule has 0 aliphatic carbocycles. The topological polar surface area (TPSA) is 102 Å². The lowest BCUT2D eigenvalue weighted by Crippen LogP contribution is -2.44. The molecule has 9 nitrogen and oxygen atoms in total. The van der Waals surface area contributed by atoms with E-state index in [-0.39, 0.29) is 22.7 Å². The highest BCUT2D eigenvalue weighted by molar-refractivity contribution is 7.89. The molecule has 0 bridgehead atoms. The number of hydrogen-bond acceptors (Lipinski definition) is 5. The predicted molar refractivity (Wildman–Crippen MR) is 134 cm³/mol. The highest BCUT2D eigenvalue weighted by Crippen LogP contribution is 2.23. The van der Waals surface area contributed by atoms with Crippen molar-refractivity contribution >= 4 is 26.8 Å². The maximum atomic E-state index is 13.2. The molecule has 0 unspecified atom stereocenters. The van der Waals surface area contributed by atoms with Crippen molar-refractivity contribution in [1.29, 1.82) is 0 Å². The van der Waals surface area contributed by atoms with Gasteiger partial charge in [-0.3, -0.25) is 18.7 Å². The van der Waals surface area contributed by atoms with E-state index in [2.05, 4.69) is 12.1 Å². The fraction of sp³-hybridized carbons (Fsp3) is 0.400. The average molecular weight is 499 g/mol. The summed E-state index contributed by atoms with van der Waals surface area (Å²) in [6.45, 7) is 0.920. The normalized spacial score (nSPS) is 15.1. The van der Waals surface area contributed by atoms with Crippen LogP contribution in [0.2, 0.25) is 0 Å². The number of piperidine rings is 1. The molecule has 35 heavy (non-hydrogen) atoms. The van der Waals surface area contributed by atoms with Crippen molar-refractivity contribution in [3.8, 4) is 0 Å². The lowest BCUT2D eigenvalue weighted by Gasteiger charge is -2.33. The first-order chi connectivity index (χ1) is 16.6. The fourth-order valence-electron chi connectivity index (χ4n) is 4.62. The summed E-state index contributed by atoms with van der Waals surface area (Å²) in [5, 5.41) is 0.121. The summed E-state index contributed by atoms with van der Waals surface area (Å²) in [6, 6.07) is 14.3. The molecule has 10 heteroatoms. The zero-order chi connectivity index (χ0) is 25.3. The number of fused-ring (bicyclic) bond motifs is 1. The molecular formula is C25H30N4O5S. The van der Waals surface area contributed by atoms with Gasteiger partial charge in [-0.05, 0) is 48.9 Å². The highest BCUT2D eigenvalue weighted by atomic mass is 32.2. The van der Waals surface area contributed by atoms with Crippen LogP contribution in [0.4, 0.5) is 0 Å². The van der Waals surface area contributed by atoms with Crippen LogP contribution in [0, 0.1) is 5.92 Å². The second-order valence-electron chi connectivity index (χ2n) is 9.16. The van der Waals surface area contributed by atoms with Gasteiger partial charge in [0.05, 0.1) is 22.3 Å². The summed E-state index contributed by atoms with van der Waals surface area (Å²) in [4.78, 5) is 39.2. The van der Waals surface area contributed by atoms with Crippen LogP contribution in [-0.2, 0) is 35.3 Å². The zero-order valence-electron chi connectivity index (χ0n) is 20.2. The number of nitrogens with zero attached hydrogens (tertiary/aromatic N) is 4. The number of aromatic nitrogens is 2. The quantitative estimate of drug-likeness (QED) is 0.511. The number of likely N-dealkylation sites (tertiary alicyclic amines) is 1. The summed E-state index contributed by atoms with van der Waals surface area (Å²) >= 11 is 0. The Morgan fingerprint density at radius 2 is 1.66 bits per heavy atom. The zero-order valence-corrected chi connectivity index (χ0v) is 21.0. The molecule has 0 radical (unpaired) electrons. The van der Waals surface area contributed by atoms with E-state index < -0.39 is 21.3 Å². The molecule has 0 spiro atoms. The Balaban J connectivity index is 1.44. The number of likely N-dealkylation sites (N-methyl/N-ethyl adjacent to an activating group) is 1. The van der Waals surface area contributed by atoms with Crippen molar-refractivity contribution < 1.29 is 13.2 Å². The van der Waals surface area contributed by atoms with Crippen LogP contribution in [-0.4, -0.2) is 59.3 Å². The molecule has 1 amide bonds. The number of carbonyl (C=O) groups excluding carboxylic acids is 1. The van der Waals surface area contributed by atoms with Crippen LogP contribution < -0.4 is 11.2 Å². The third-order valence-electron chi connectivity index (χ3n) is 6.84. The van der Waals surface area contributed by atoms with Crippen LogP contribution in [0.15, 0.2) is 63.0 Å². The number of rotatable bonds is 6. The summed E-state index contributed by atoms with van der Waals surface area (Å²) < 4.78 is 29.6. The molecule has 1 fully saturated rings. The standard InChI is InChI=1S/C25H30N4O5S/c1-26(17-23(30)29-13-11-19(12-14-29)15-18-7-5-4-6-8-18)35(33,34)20-9-10-22-21(16-20)24(31)28(3)25(32)27(22)2/h4-10,16,19H,11-15,17H2,1-3H3. The van der Waals surface area contributed by atoms with Crippen LogP contribution in [0.25, 0.3) is 10.9 Å². The first-order valence-corrected chi connectivity index (χ1v) is 13.0. The smallest absolute Gasteiger partial charge is 0.330 e. The first kappa shape index (κ1) is 24.9. The number of carbonyl (C=O) groups is 1. The minimum absolute atomic E-state index is 0.0994. The third-order valence-corrected chi connectivity index (χ3v) is 8.64. The molecule has 0 N–H and O–H groups in total. The van der Waals surface area contributed by atoms with Gasteiger partial charge in [0, 0.05) is 34.2 Å². The van der Waals surface area contributed by atoms with Gasteiger partial charge < -0.3 is 4.90 Å². The van der Waals surface area contributed by atoms with Gasteiger partial charge >= 0.3 is 5.69 Å². The van der Waals surface area contributed by atoms with Crippen molar-refractivity contribution in [1.82, 2.24) is 18.3 Å². The van der Waals surface area contributed by atoms with Crippen LogP contribution in [0.1, 0.15) is 18.4 Å². The summed E-state index contributed by atoms with van der Waals surface area (Å²) in [5.74, 6) is 0.257. The first-order valence-electron chi connectivity index (χ1n) is 11.6. The Morgan fingerprint density at radius 3 is 2.31 bits per heavy atom. The molecule has 186 valence electrons. The molecule has 2 heterocycles. The minimum Gasteiger partial charge on any atom is -0.342 e. The summed E-state index contributed by atoms with van der Waals surface area (Å²) in [5.41, 5.74) is 0.563. The number of amides is 1. The van der Waals surface area contributed by atoms with E-state index in [0.717, 1.165) is 28.1 Å². The van der Waals surface area contributed by atoms with Crippen LogP contribution in [0.5, 0.6) is 0 Å². The summed E-state index contributed by atoms with van der Waals surface area (Å²) in [7, 11) is 0.208. The molecule has 1 aliphatic heterocycles. The SMILES string of the molecule is CN(CC(=O)N1CCC(Cc2ccccc2)CC1)S(=O)(=O)c1ccc2c(c1)c(=O)n(C)c(=O)n2C. The van der Waals surface area contributed by atoms with Crippen LogP contribution >= 0.6 is 0 Å². The molecule has 0 saturated carbocycles. The molecule has 1 aliphatic rings. The van der Waals surface area contributed by atoms with E-state index >= 15 is 0 Å². The van der Waals surface area contributed by atoms with Gasteiger partial charge in [0.15, 0.2) is 0 Å². The molecular weight excluding hydrogens is 468 g/mol. The predicted octanol–water partition coefficient (Wildman–Crippen LogP) is 1.34. The summed E-state index contributed by atoms with van der Waals surface area (Å²) in [6.07, 6.45) is 2.73. The van der Waals surface area contributed by atoms with E-state index in [0.29, 0.717) is 24.5 Å². The van der Waals surface area contributed by atoms with Crippen LogP contribution in [0.3, 0.4) is 0 Å².